The molecule has 0 unspecified atom stereocenters. The summed E-state index contributed by atoms with van der Waals surface area (Å²) in [5.74, 6) is 0. The molecule has 3 heterocycles. The Bertz CT molecular complexity index is 1150. The first-order valence-corrected chi connectivity index (χ1v) is 9.82. The minimum atomic E-state index is 1.01. The molecular formula is C26H20N2. The predicted octanol–water partition coefficient (Wildman–Crippen LogP) is 3.77. The highest BCUT2D eigenvalue weighted by atomic mass is 15.3. The van der Waals surface area contributed by atoms with E-state index in [1.54, 1.807) is 0 Å². The molecule has 0 aromatic heterocycles. The van der Waals surface area contributed by atoms with Gasteiger partial charge in [0.15, 0.2) is 0 Å². The van der Waals surface area contributed by atoms with E-state index in [1.165, 1.54) is 44.1 Å². The van der Waals surface area contributed by atoms with E-state index in [4.69, 9.17) is 0 Å². The highest BCUT2D eigenvalue weighted by Gasteiger charge is 2.27. The number of hydrogen-bond acceptors (Lipinski definition) is 2. The van der Waals surface area contributed by atoms with Crippen LogP contribution >= 0.6 is 0 Å². The molecule has 0 spiro atoms. The van der Waals surface area contributed by atoms with Crippen molar-refractivity contribution in [1.82, 2.24) is 0 Å². The molecule has 0 saturated carbocycles. The summed E-state index contributed by atoms with van der Waals surface area (Å²) in [4.78, 5) is 4.83. The number of hydrogen-bond donors (Lipinski definition) is 0. The fourth-order valence-corrected chi connectivity index (χ4v) is 4.58. The maximum absolute atomic E-state index is 2.42. The fourth-order valence-electron chi connectivity index (χ4n) is 4.58. The maximum Gasteiger partial charge on any atom is 0.0734 e. The van der Waals surface area contributed by atoms with Crippen molar-refractivity contribution >= 4 is 22.5 Å². The molecule has 3 aliphatic rings. The standard InChI is InChI=1S/C26H20N2/c1-3-7-19(8-4-1)21-13-15-27-17-18-28-16-14-22(20-9-5-2-6-10-20)24-12-11-23(21)25(27)26(24)28/h1-16H,17-18H2. The summed E-state index contributed by atoms with van der Waals surface area (Å²) in [7, 11) is 0. The Morgan fingerprint density at radius 2 is 0.929 bits per heavy atom. The summed E-state index contributed by atoms with van der Waals surface area (Å²) in [5, 5.41) is 2.64. The summed E-state index contributed by atoms with van der Waals surface area (Å²) in [6, 6.07) is 26.0. The van der Waals surface area contributed by atoms with Crippen LogP contribution in [0.5, 0.6) is 0 Å². The van der Waals surface area contributed by atoms with Gasteiger partial charge in [-0.05, 0) is 34.4 Å². The minimum absolute atomic E-state index is 1.01. The lowest BCUT2D eigenvalue weighted by Gasteiger charge is -2.39. The molecule has 134 valence electrons. The van der Waals surface area contributed by atoms with Crippen molar-refractivity contribution in [3.63, 3.8) is 0 Å². The van der Waals surface area contributed by atoms with E-state index in [2.05, 4.69) is 107 Å². The van der Waals surface area contributed by atoms with Gasteiger partial charge in [-0.1, -0.05) is 72.8 Å². The molecule has 0 amide bonds. The minimum Gasteiger partial charge on any atom is -0.344 e. The molecule has 0 radical (unpaired) electrons. The Morgan fingerprint density at radius 3 is 1.36 bits per heavy atom. The van der Waals surface area contributed by atoms with Crippen LogP contribution in [0.3, 0.4) is 0 Å². The third-order valence-corrected chi connectivity index (χ3v) is 5.90. The van der Waals surface area contributed by atoms with Gasteiger partial charge in [0, 0.05) is 35.9 Å². The van der Waals surface area contributed by atoms with Gasteiger partial charge in [0.25, 0.3) is 0 Å². The molecule has 28 heavy (non-hydrogen) atoms. The van der Waals surface area contributed by atoms with Gasteiger partial charge in [0.1, 0.15) is 0 Å². The number of benzene rings is 3. The summed E-state index contributed by atoms with van der Waals surface area (Å²) in [6.45, 7) is 2.01. The second-order valence-electron chi connectivity index (χ2n) is 7.44. The number of allylic oxidation sites excluding steroid dienone is 2. The topological polar surface area (TPSA) is 6.48 Å². The summed E-state index contributed by atoms with van der Waals surface area (Å²) < 4.78 is 0. The molecule has 0 N–H and O–H groups in total. The molecule has 6 rings (SSSR count). The van der Waals surface area contributed by atoms with Gasteiger partial charge >= 0.3 is 0 Å². The normalized spacial score (nSPS) is 16.4. The monoisotopic (exact) mass is 360 g/mol. The fraction of sp³-hybridized carbons (Fsp3) is 0.0769. The van der Waals surface area contributed by atoms with Crippen molar-refractivity contribution in [2.75, 3.05) is 22.9 Å². The smallest absolute Gasteiger partial charge is 0.0734 e. The van der Waals surface area contributed by atoms with E-state index in [-0.39, 0.29) is 0 Å². The van der Waals surface area contributed by atoms with Crippen molar-refractivity contribution in [2.24, 2.45) is 0 Å². The van der Waals surface area contributed by atoms with Gasteiger partial charge in [-0.15, -0.1) is 0 Å². The van der Waals surface area contributed by atoms with Crippen molar-refractivity contribution in [3.05, 3.63) is 119 Å². The SMILES string of the molecule is C1=CN2CCN3C=CC(c4ccccc4)=c4ccc(c2c43)=C1c1ccccc1. The second-order valence-corrected chi connectivity index (χ2v) is 7.44. The van der Waals surface area contributed by atoms with Gasteiger partial charge < -0.3 is 9.80 Å². The average molecular weight is 360 g/mol. The van der Waals surface area contributed by atoms with Crippen molar-refractivity contribution < 1.29 is 0 Å². The molecule has 0 fully saturated rings. The molecule has 0 bridgehead atoms. The Kier molecular flexibility index (Phi) is 3.33. The summed E-state index contributed by atoms with van der Waals surface area (Å²) >= 11 is 0. The van der Waals surface area contributed by atoms with Gasteiger partial charge in [0.2, 0.25) is 0 Å². The zero-order chi connectivity index (χ0) is 18.5. The van der Waals surface area contributed by atoms with E-state index < -0.39 is 0 Å². The molecule has 0 saturated heterocycles. The lowest BCUT2D eigenvalue weighted by atomic mass is 9.93. The largest absolute Gasteiger partial charge is 0.344 e. The van der Waals surface area contributed by atoms with Crippen LogP contribution in [0.1, 0.15) is 11.1 Å². The van der Waals surface area contributed by atoms with Crippen LogP contribution in [-0.2, 0) is 0 Å². The predicted molar refractivity (Wildman–Crippen MR) is 117 cm³/mol. The first kappa shape index (κ1) is 15.5. The second kappa shape index (κ2) is 6.00. The first-order valence-electron chi connectivity index (χ1n) is 9.82. The Balaban J connectivity index is 1.72. The molecule has 3 aromatic carbocycles. The van der Waals surface area contributed by atoms with E-state index in [0.717, 1.165) is 13.1 Å². The highest BCUT2D eigenvalue weighted by Crippen LogP contribution is 2.34. The highest BCUT2D eigenvalue weighted by molar-refractivity contribution is 5.91. The quantitative estimate of drug-likeness (QED) is 0.686. The molecule has 3 aromatic rings. The maximum atomic E-state index is 2.42. The van der Waals surface area contributed by atoms with Gasteiger partial charge in [-0.25, -0.2) is 0 Å². The third-order valence-electron chi connectivity index (χ3n) is 5.90. The van der Waals surface area contributed by atoms with Crippen molar-refractivity contribution in [3.8, 4) is 0 Å². The van der Waals surface area contributed by atoms with Gasteiger partial charge in [-0.2, -0.15) is 0 Å². The van der Waals surface area contributed by atoms with Crippen LogP contribution < -0.4 is 20.2 Å². The third kappa shape index (κ3) is 2.21. The van der Waals surface area contributed by atoms with Crippen LogP contribution in [0.25, 0.3) is 11.1 Å². The first-order chi connectivity index (χ1) is 13.9. The van der Waals surface area contributed by atoms with Gasteiger partial charge in [0.05, 0.1) is 11.4 Å². The van der Waals surface area contributed by atoms with Crippen LogP contribution in [0, 0.1) is 0 Å². The Hall–Kier alpha value is -3.52. The summed E-state index contributed by atoms with van der Waals surface area (Å²) in [5.41, 5.74) is 7.81. The lowest BCUT2D eigenvalue weighted by molar-refractivity contribution is 0.829. The number of anilines is 2. The molecule has 2 heteroatoms. The van der Waals surface area contributed by atoms with E-state index >= 15 is 0 Å². The van der Waals surface area contributed by atoms with Crippen molar-refractivity contribution in [2.45, 2.75) is 0 Å². The zero-order valence-corrected chi connectivity index (χ0v) is 15.5. The molecule has 0 aliphatic carbocycles. The Morgan fingerprint density at radius 1 is 0.500 bits per heavy atom. The molecular weight excluding hydrogens is 340 g/mol. The lowest BCUT2D eigenvalue weighted by Crippen LogP contribution is -2.44. The van der Waals surface area contributed by atoms with E-state index in [1.807, 2.05) is 0 Å². The van der Waals surface area contributed by atoms with Crippen LogP contribution in [0.2, 0.25) is 0 Å². The van der Waals surface area contributed by atoms with Crippen LogP contribution in [-0.4, -0.2) is 13.1 Å². The van der Waals surface area contributed by atoms with Crippen molar-refractivity contribution in [1.29, 1.82) is 0 Å². The number of nitrogens with zero attached hydrogens (tertiary/aromatic N) is 2. The summed E-state index contributed by atoms with van der Waals surface area (Å²) in [6.07, 6.45) is 9.03. The van der Waals surface area contributed by atoms with E-state index in [0.29, 0.717) is 0 Å². The Labute approximate surface area is 164 Å². The average Bonchev–Trinajstić information content (AvgIpc) is 2.78. The van der Waals surface area contributed by atoms with Crippen LogP contribution in [0.15, 0.2) is 97.3 Å². The van der Waals surface area contributed by atoms with Gasteiger partial charge in [-0.3, -0.25) is 0 Å². The van der Waals surface area contributed by atoms with Crippen LogP contribution in [0.4, 0.5) is 11.4 Å². The van der Waals surface area contributed by atoms with E-state index in [9.17, 15) is 0 Å². The molecule has 2 nitrogen and oxygen atoms in total. The molecule has 0 atom stereocenters. The molecule has 3 aliphatic heterocycles. The zero-order valence-electron chi connectivity index (χ0n) is 15.5. The number of rotatable bonds is 2.